The van der Waals surface area contributed by atoms with E-state index < -0.39 is 29.2 Å². The third kappa shape index (κ3) is 3.13. The van der Waals surface area contributed by atoms with Gasteiger partial charge in [-0.25, -0.2) is 12.9 Å². The van der Waals surface area contributed by atoms with Gasteiger partial charge in [0.2, 0.25) is 0 Å². The molecule has 1 aliphatic rings. The summed E-state index contributed by atoms with van der Waals surface area (Å²) in [6, 6.07) is 5.59. The van der Waals surface area contributed by atoms with Gasteiger partial charge in [-0.05, 0) is 24.3 Å². The van der Waals surface area contributed by atoms with Crippen molar-refractivity contribution in [1.29, 1.82) is 0 Å². The molecule has 104 valence electrons. The smallest absolute Gasteiger partial charge is 0.324 e. The molecule has 1 aromatic carbocycles. The minimum absolute atomic E-state index is 0.00596. The van der Waals surface area contributed by atoms with Gasteiger partial charge in [-0.15, -0.1) is 0 Å². The Kier molecular flexibility index (Phi) is 4.54. The highest BCUT2D eigenvalue weighted by molar-refractivity contribution is 7.82. The monoisotopic (exact) mass is 305 g/mol. The summed E-state index contributed by atoms with van der Waals surface area (Å²) in [5.41, 5.74) is 0. The van der Waals surface area contributed by atoms with Crippen LogP contribution >= 0.6 is 11.6 Å². The van der Waals surface area contributed by atoms with Crippen LogP contribution in [0.5, 0.6) is 0 Å². The minimum Gasteiger partial charge on any atom is -0.468 e. The third-order valence-electron chi connectivity index (χ3n) is 2.91. The van der Waals surface area contributed by atoms with Crippen molar-refractivity contribution in [1.82, 2.24) is 4.31 Å². The summed E-state index contributed by atoms with van der Waals surface area (Å²) < 4.78 is 31.7. The first-order chi connectivity index (χ1) is 9.02. The molecular formula is C12H13ClFNO3S. The molecule has 1 heterocycles. The predicted molar refractivity (Wildman–Crippen MR) is 69.9 cm³/mol. The number of rotatable bonds is 3. The van der Waals surface area contributed by atoms with Crippen molar-refractivity contribution in [2.24, 2.45) is 0 Å². The zero-order chi connectivity index (χ0) is 14.0. The second-order valence-electron chi connectivity index (χ2n) is 4.17. The molecule has 1 fully saturated rings. The molecule has 1 aliphatic heterocycles. The normalized spacial score (nSPS) is 25.2. The summed E-state index contributed by atoms with van der Waals surface area (Å²) in [4.78, 5) is 12.1. The van der Waals surface area contributed by atoms with Gasteiger partial charge in [0.05, 0.1) is 12.0 Å². The summed E-state index contributed by atoms with van der Waals surface area (Å²) in [7, 11) is -0.373. The Balaban J connectivity index is 2.21. The number of esters is 1. The van der Waals surface area contributed by atoms with Crippen LogP contribution in [-0.4, -0.2) is 40.4 Å². The molecule has 4 nitrogen and oxygen atoms in total. The largest absolute Gasteiger partial charge is 0.468 e. The van der Waals surface area contributed by atoms with Gasteiger partial charge in [0, 0.05) is 18.0 Å². The van der Waals surface area contributed by atoms with E-state index in [1.165, 1.54) is 11.4 Å². The van der Waals surface area contributed by atoms with E-state index in [2.05, 4.69) is 4.74 Å². The molecule has 2 rings (SSSR count). The summed E-state index contributed by atoms with van der Waals surface area (Å²) in [6.07, 6.45) is -1.17. The van der Waals surface area contributed by atoms with E-state index in [1.54, 1.807) is 24.3 Å². The van der Waals surface area contributed by atoms with Gasteiger partial charge in [0.1, 0.15) is 23.2 Å². The van der Waals surface area contributed by atoms with Crippen molar-refractivity contribution in [3.8, 4) is 0 Å². The third-order valence-corrected chi connectivity index (χ3v) is 4.66. The molecule has 1 saturated heterocycles. The van der Waals surface area contributed by atoms with E-state index >= 15 is 0 Å². The van der Waals surface area contributed by atoms with Crippen molar-refractivity contribution in [3.05, 3.63) is 29.3 Å². The first-order valence-corrected chi connectivity index (χ1v) is 7.17. The Morgan fingerprint density at radius 1 is 1.47 bits per heavy atom. The fourth-order valence-electron chi connectivity index (χ4n) is 1.98. The summed E-state index contributed by atoms with van der Waals surface area (Å²) in [6.45, 7) is -0.0466. The van der Waals surface area contributed by atoms with E-state index in [0.717, 1.165) is 0 Å². The summed E-state index contributed by atoms with van der Waals surface area (Å²) >= 11 is 5.75. The number of hydrogen-bond donors (Lipinski definition) is 0. The maximum atomic E-state index is 13.5. The van der Waals surface area contributed by atoms with Crippen LogP contribution in [0, 0.1) is 0 Å². The molecule has 3 unspecified atom stereocenters. The standard InChI is InChI=1S/C12H13ClFNO3S/c1-18-12(16)11-6-9(14)7-15(11)19(17)10-4-2-8(13)3-5-10/h2-5,9,11H,6-7H2,1H3. The Labute approximate surface area is 118 Å². The van der Waals surface area contributed by atoms with Crippen molar-refractivity contribution >= 4 is 28.6 Å². The summed E-state index contributed by atoms with van der Waals surface area (Å²) in [5.74, 6) is -0.567. The zero-order valence-electron chi connectivity index (χ0n) is 10.2. The lowest BCUT2D eigenvalue weighted by Crippen LogP contribution is -2.38. The zero-order valence-corrected chi connectivity index (χ0v) is 11.8. The van der Waals surface area contributed by atoms with E-state index in [-0.39, 0.29) is 13.0 Å². The number of hydrogen-bond acceptors (Lipinski definition) is 3. The maximum Gasteiger partial charge on any atom is 0.324 e. The Morgan fingerprint density at radius 2 is 2.11 bits per heavy atom. The second kappa shape index (κ2) is 5.98. The van der Waals surface area contributed by atoms with E-state index in [1.807, 2.05) is 0 Å². The Bertz CT molecular complexity index is 496. The van der Waals surface area contributed by atoms with Crippen LogP contribution < -0.4 is 0 Å². The SMILES string of the molecule is COC(=O)C1CC(F)CN1S(=O)c1ccc(Cl)cc1. The number of nitrogens with zero attached hydrogens (tertiary/aromatic N) is 1. The molecule has 0 N–H and O–H groups in total. The van der Waals surface area contributed by atoms with Crippen LogP contribution in [0.3, 0.4) is 0 Å². The number of alkyl halides is 1. The van der Waals surface area contributed by atoms with Gasteiger partial charge in [-0.3, -0.25) is 4.79 Å². The van der Waals surface area contributed by atoms with E-state index in [9.17, 15) is 13.4 Å². The number of ether oxygens (including phenoxy) is 1. The van der Waals surface area contributed by atoms with Crippen molar-refractivity contribution in [3.63, 3.8) is 0 Å². The molecule has 0 saturated carbocycles. The van der Waals surface area contributed by atoms with Crippen LogP contribution in [0.4, 0.5) is 4.39 Å². The van der Waals surface area contributed by atoms with Gasteiger partial charge >= 0.3 is 5.97 Å². The van der Waals surface area contributed by atoms with Crippen molar-refractivity contribution < 1.29 is 18.1 Å². The van der Waals surface area contributed by atoms with Crippen LogP contribution in [0.2, 0.25) is 5.02 Å². The molecule has 19 heavy (non-hydrogen) atoms. The molecule has 0 aromatic heterocycles. The van der Waals surface area contributed by atoms with Gasteiger partial charge in [0.25, 0.3) is 0 Å². The highest BCUT2D eigenvalue weighted by Crippen LogP contribution is 2.26. The van der Waals surface area contributed by atoms with E-state index in [0.29, 0.717) is 9.92 Å². The topological polar surface area (TPSA) is 46.6 Å². The molecule has 0 aliphatic carbocycles. The highest BCUT2D eigenvalue weighted by atomic mass is 35.5. The summed E-state index contributed by atoms with van der Waals surface area (Å²) in [5, 5.41) is 0.523. The molecule has 0 radical (unpaired) electrons. The maximum absolute atomic E-state index is 13.5. The van der Waals surface area contributed by atoms with Crippen LogP contribution in [0.15, 0.2) is 29.2 Å². The number of halogens is 2. The van der Waals surface area contributed by atoms with Gasteiger partial charge < -0.3 is 4.74 Å². The second-order valence-corrected chi connectivity index (χ2v) is 6.05. The fourth-order valence-corrected chi connectivity index (χ4v) is 3.44. The number of benzene rings is 1. The first-order valence-electron chi connectivity index (χ1n) is 5.69. The number of methoxy groups -OCH3 is 1. The van der Waals surface area contributed by atoms with Crippen LogP contribution in [0.1, 0.15) is 6.42 Å². The first kappa shape index (κ1) is 14.4. The average Bonchev–Trinajstić information content (AvgIpc) is 2.80. The number of carbonyl (C=O) groups is 1. The van der Waals surface area contributed by atoms with Crippen molar-refractivity contribution in [2.75, 3.05) is 13.7 Å². The lowest BCUT2D eigenvalue weighted by Gasteiger charge is -2.20. The Hall–Kier alpha value is -0.980. The lowest BCUT2D eigenvalue weighted by atomic mass is 10.2. The molecule has 1 aromatic rings. The van der Waals surface area contributed by atoms with Gasteiger partial charge in [-0.1, -0.05) is 11.6 Å². The average molecular weight is 306 g/mol. The lowest BCUT2D eigenvalue weighted by molar-refractivity contribution is -0.144. The molecule has 0 amide bonds. The molecule has 0 spiro atoms. The fraction of sp³-hybridized carbons (Fsp3) is 0.417. The molecule has 7 heteroatoms. The van der Waals surface area contributed by atoms with Crippen LogP contribution in [-0.2, 0) is 20.5 Å². The molecule has 0 bridgehead atoms. The number of carbonyl (C=O) groups excluding carboxylic acids is 1. The highest BCUT2D eigenvalue weighted by Gasteiger charge is 2.41. The van der Waals surface area contributed by atoms with E-state index in [4.69, 9.17) is 11.6 Å². The van der Waals surface area contributed by atoms with Gasteiger partial charge in [0.15, 0.2) is 0 Å². The van der Waals surface area contributed by atoms with Gasteiger partial charge in [-0.2, -0.15) is 0 Å². The van der Waals surface area contributed by atoms with Crippen molar-refractivity contribution in [2.45, 2.75) is 23.5 Å². The minimum atomic E-state index is -1.61. The predicted octanol–water partition coefficient (Wildman–Crippen LogP) is 1.95. The quantitative estimate of drug-likeness (QED) is 0.802. The molecular weight excluding hydrogens is 293 g/mol. The van der Waals surface area contributed by atoms with Crippen LogP contribution in [0.25, 0.3) is 0 Å². The Morgan fingerprint density at radius 3 is 2.68 bits per heavy atom. The molecule has 3 atom stereocenters.